The molecule has 0 fully saturated rings. The van der Waals surface area contributed by atoms with Crippen molar-refractivity contribution in [1.82, 2.24) is 5.32 Å². The van der Waals surface area contributed by atoms with Crippen LogP contribution >= 0.6 is 11.6 Å². The van der Waals surface area contributed by atoms with Crippen molar-refractivity contribution >= 4 is 11.6 Å². The maximum atomic E-state index is 5.64. The van der Waals surface area contributed by atoms with Crippen LogP contribution in [0.3, 0.4) is 0 Å². The molecule has 13 heavy (non-hydrogen) atoms. The van der Waals surface area contributed by atoms with Crippen molar-refractivity contribution < 1.29 is 0 Å². The van der Waals surface area contributed by atoms with E-state index < -0.39 is 0 Å². The zero-order valence-electron chi connectivity index (χ0n) is 8.32. The Hall–Kier alpha value is -0.430. The summed E-state index contributed by atoms with van der Waals surface area (Å²) >= 11 is 5.64. The van der Waals surface area contributed by atoms with Gasteiger partial charge in [-0.1, -0.05) is 44.0 Å². The fraction of sp³-hybridized carbons (Fsp3) is 0.636. The quantitative estimate of drug-likeness (QED) is 0.560. The van der Waals surface area contributed by atoms with E-state index in [-0.39, 0.29) is 0 Å². The molecule has 0 aromatic rings. The summed E-state index contributed by atoms with van der Waals surface area (Å²) in [5.74, 6) is 0. The molecule has 0 bridgehead atoms. The van der Waals surface area contributed by atoms with E-state index in [1.54, 1.807) is 6.20 Å². The van der Waals surface area contributed by atoms with Crippen LogP contribution in [0.5, 0.6) is 0 Å². The maximum absolute atomic E-state index is 5.64. The number of halogens is 1. The van der Waals surface area contributed by atoms with Crippen molar-refractivity contribution in [3.63, 3.8) is 0 Å². The molecule has 2 heteroatoms. The predicted octanol–water partition coefficient (Wildman–Crippen LogP) is 3.81. The van der Waals surface area contributed by atoms with Gasteiger partial charge in [-0.3, -0.25) is 0 Å². The van der Waals surface area contributed by atoms with Crippen LogP contribution < -0.4 is 5.32 Å². The molecule has 0 saturated heterocycles. The van der Waals surface area contributed by atoms with Crippen molar-refractivity contribution in [2.45, 2.75) is 38.5 Å². The fourth-order valence-electron chi connectivity index (χ4n) is 1.18. The highest BCUT2D eigenvalue weighted by Gasteiger charge is 1.91. The number of unbranched alkanes of at least 4 members (excludes halogenated alkanes) is 4. The smallest absolute Gasteiger partial charge is 0.0141 e. The molecule has 0 amide bonds. The molecule has 0 heterocycles. The molecule has 0 rings (SSSR count). The molecule has 0 aliphatic rings. The third-order valence-electron chi connectivity index (χ3n) is 1.91. The first kappa shape index (κ1) is 12.6. The largest absolute Gasteiger partial charge is 0.391 e. The minimum absolute atomic E-state index is 0.785. The van der Waals surface area contributed by atoms with Gasteiger partial charge in [-0.15, -0.1) is 0 Å². The van der Waals surface area contributed by atoms with E-state index in [2.05, 4.69) is 18.5 Å². The molecular formula is C11H20ClN. The lowest BCUT2D eigenvalue weighted by atomic mass is 10.1. The lowest BCUT2D eigenvalue weighted by Crippen LogP contribution is -2.05. The Labute approximate surface area is 86.9 Å². The minimum Gasteiger partial charge on any atom is -0.391 e. The van der Waals surface area contributed by atoms with E-state index in [0.717, 1.165) is 18.0 Å². The van der Waals surface area contributed by atoms with E-state index in [1.807, 2.05) is 0 Å². The Morgan fingerprint density at radius 3 is 2.38 bits per heavy atom. The second kappa shape index (κ2) is 9.66. The van der Waals surface area contributed by atoms with Gasteiger partial charge >= 0.3 is 0 Å². The third-order valence-corrected chi connectivity index (χ3v) is 2.10. The van der Waals surface area contributed by atoms with Crippen LogP contribution in [-0.4, -0.2) is 6.54 Å². The second-order valence-corrected chi connectivity index (χ2v) is 3.73. The van der Waals surface area contributed by atoms with Crippen molar-refractivity contribution in [3.8, 4) is 0 Å². The summed E-state index contributed by atoms with van der Waals surface area (Å²) in [5.41, 5.74) is 0. The molecule has 1 nitrogen and oxygen atoms in total. The Morgan fingerprint density at radius 1 is 1.15 bits per heavy atom. The Balaban J connectivity index is 2.91. The summed E-state index contributed by atoms with van der Waals surface area (Å²) in [6.45, 7) is 8.30. The zero-order chi connectivity index (χ0) is 9.94. The number of nitrogens with one attached hydrogen (secondary N) is 1. The molecule has 1 N–H and O–H groups in total. The lowest BCUT2D eigenvalue weighted by molar-refractivity contribution is 0.605. The molecule has 76 valence electrons. The van der Waals surface area contributed by atoms with Crippen molar-refractivity contribution in [1.29, 1.82) is 0 Å². The Morgan fingerprint density at radius 2 is 1.77 bits per heavy atom. The van der Waals surface area contributed by atoms with E-state index >= 15 is 0 Å². The Bertz CT molecular complexity index is 143. The molecule has 0 atom stereocenters. The van der Waals surface area contributed by atoms with E-state index in [1.165, 1.54) is 32.1 Å². The summed E-state index contributed by atoms with van der Waals surface area (Å²) in [4.78, 5) is 0. The fourth-order valence-corrected chi connectivity index (χ4v) is 1.31. The lowest BCUT2D eigenvalue weighted by Gasteiger charge is -2.01. The first-order valence-electron chi connectivity index (χ1n) is 4.95. The number of rotatable bonds is 9. The van der Waals surface area contributed by atoms with Gasteiger partial charge in [-0.25, -0.2) is 0 Å². The summed E-state index contributed by atoms with van der Waals surface area (Å²) in [6.07, 6.45) is 8.97. The molecule has 0 aromatic carbocycles. The van der Waals surface area contributed by atoms with Gasteiger partial charge in [0.25, 0.3) is 0 Å². The van der Waals surface area contributed by atoms with Crippen LogP contribution in [0.1, 0.15) is 38.5 Å². The summed E-state index contributed by atoms with van der Waals surface area (Å²) in [7, 11) is 0. The SMILES string of the molecule is C=CNCCCCCCCC(=C)Cl. The van der Waals surface area contributed by atoms with Gasteiger partial charge in [-0.05, 0) is 25.5 Å². The maximum Gasteiger partial charge on any atom is 0.0141 e. The van der Waals surface area contributed by atoms with Gasteiger partial charge in [0.05, 0.1) is 0 Å². The van der Waals surface area contributed by atoms with Crippen LogP contribution in [0.25, 0.3) is 0 Å². The van der Waals surface area contributed by atoms with Crippen LogP contribution in [0.15, 0.2) is 24.4 Å². The molecule has 0 radical (unpaired) electrons. The average Bonchev–Trinajstić information content (AvgIpc) is 2.09. The molecular weight excluding hydrogens is 182 g/mol. The predicted molar refractivity (Wildman–Crippen MR) is 60.9 cm³/mol. The summed E-state index contributed by atoms with van der Waals surface area (Å²) in [6, 6.07) is 0. The van der Waals surface area contributed by atoms with Crippen molar-refractivity contribution in [2.75, 3.05) is 6.54 Å². The highest BCUT2D eigenvalue weighted by atomic mass is 35.5. The van der Waals surface area contributed by atoms with Crippen LogP contribution in [0.2, 0.25) is 0 Å². The second-order valence-electron chi connectivity index (χ2n) is 3.19. The molecule has 0 aromatic heterocycles. The molecule has 0 unspecified atom stereocenters. The number of hydrogen-bond donors (Lipinski definition) is 1. The monoisotopic (exact) mass is 201 g/mol. The first-order chi connectivity index (χ1) is 6.27. The van der Waals surface area contributed by atoms with E-state index in [0.29, 0.717) is 0 Å². The van der Waals surface area contributed by atoms with Crippen molar-refractivity contribution in [2.24, 2.45) is 0 Å². The van der Waals surface area contributed by atoms with Gasteiger partial charge in [0.15, 0.2) is 0 Å². The third kappa shape index (κ3) is 11.6. The van der Waals surface area contributed by atoms with Gasteiger partial charge in [0.2, 0.25) is 0 Å². The van der Waals surface area contributed by atoms with Crippen LogP contribution in [0, 0.1) is 0 Å². The van der Waals surface area contributed by atoms with Gasteiger partial charge in [0, 0.05) is 11.6 Å². The molecule has 0 aliphatic heterocycles. The Kier molecular flexibility index (Phi) is 9.34. The molecule has 0 saturated carbocycles. The topological polar surface area (TPSA) is 12.0 Å². The zero-order valence-corrected chi connectivity index (χ0v) is 9.08. The van der Waals surface area contributed by atoms with Gasteiger partial charge in [0.1, 0.15) is 0 Å². The number of hydrogen-bond acceptors (Lipinski definition) is 1. The summed E-state index contributed by atoms with van der Waals surface area (Å²) in [5, 5.41) is 3.87. The standard InChI is InChI=1S/C11H20ClN/c1-3-13-10-8-6-4-5-7-9-11(2)12/h3,13H,1-2,4-10H2. The molecule has 0 spiro atoms. The van der Waals surface area contributed by atoms with Crippen LogP contribution in [-0.2, 0) is 0 Å². The van der Waals surface area contributed by atoms with Gasteiger partial charge < -0.3 is 5.32 Å². The number of allylic oxidation sites excluding steroid dienone is 1. The van der Waals surface area contributed by atoms with Crippen molar-refractivity contribution in [3.05, 3.63) is 24.4 Å². The highest BCUT2D eigenvalue weighted by Crippen LogP contribution is 2.11. The van der Waals surface area contributed by atoms with Gasteiger partial charge in [-0.2, -0.15) is 0 Å². The average molecular weight is 202 g/mol. The highest BCUT2D eigenvalue weighted by molar-refractivity contribution is 6.29. The molecule has 0 aliphatic carbocycles. The summed E-state index contributed by atoms with van der Waals surface area (Å²) < 4.78 is 0. The normalized spacial score (nSPS) is 9.62. The first-order valence-corrected chi connectivity index (χ1v) is 5.32. The van der Waals surface area contributed by atoms with E-state index in [4.69, 9.17) is 11.6 Å². The van der Waals surface area contributed by atoms with Crippen LogP contribution in [0.4, 0.5) is 0 Å². The minimum atomic E-state index is 0.785. The van der Waals surface area contributed by atoms with E-state index in [9.17, 15) is 0 Å².